The number of amides is 3. The normalized spacial score (nSPS) is 18.6. The van der Waals surface area contributed by atoms with E-state index in [1.165, 1.54) is 35.1 Å². The minimum Gasteiger partial charge on any atom is -0.465 e. The lowest BCUT2D eigenvalue weighted by molar-refractivity contribution is -0.121. The Morgan fingerprint density at radius 1 is 1.07 bits per heavy atom. The number of carbonyl (C=O) groups excluding carboxylic acids is 4. The van der Waals surface area contributed by atoms with E-state index in [0.717, 1.165) is 40.2 Å². The first-order valence-electron chi connectivity index (χ1n) is 13.8. The maximum absolute atomic E-state index is 13.6. The van der Waals surface area contributed by atoms with Crippen LogP contribution < -0.4 is 10.2 Å². The summed E-state index contributed by atoms with van der Waals surface area (Å²) in [5.41, 5.74) is 2.87. The highest BCUT2D eigenvalue weighted by molar-refractivity contribution is 8.00. The minimum atomic E-state index is -0.616. The average Bonchev–Trinajstić information content (AvgIpc) is 3.45. The number of thiophene rings is 1. The lowest BCUT2D eigenvalue weighted by Crippen LogP contribution is -2.32. The van der Waals surface area contributed by atoms with E-state index in [0.29, 0.717) is 27.2 Å². The molecule has 2 aliphatic rings. The van der Waals surface area contributed by atoms with Crippen molar-refractivity contribution >= 4 is 69.1 Å². The molecule has 5 rings (SSSR count). The van der Waals surface area contributed by atoms with Crippen molar-refractivity contribution in [2.24, 2.45) is 11.3 Å². The molecule has 1 aromatic heterocycles. The van der Waals surface area contributed by atoms with Crippen LogP contribution in [0.4, 0.5) is 10.7 Å². The lowest BCUT2D eigenvalue weighted by atomic mass is 9.72. The van der Waals surface area contributed by atoms with E-state index in [4.69, 9.17) is 16.3 Å². The molecule has 0 radical (unpaired) electrons. The van der Waals surface area contributed by atoms with Crippen LogP contribution in [0.1, 0.15) is 60.0 Å². The van der Waals surface area contributed by atoms with Gasteiger partial charge in [0.25, 0.3) is 0 Å². The summed E-state index contributed by atoms with van der Waals surface area (Å²) >= 11 is 8.59. The molecule has 1 aliphatic heterocycles. The van der Waals surface area contributed by atoms with Crippen LogP contribution in [0.3, 0.4) is 0 Å². The Morgan fingerprint density at radius 3 is 2.40 bits per heavy atom. The fourth-order valence-electron chi connectivity index (χ4n) is 5.46. The van der Waals surface area contributed by atoms with Crippen molar-refractivity contribution in [3.63, 3.8) is 0 Å². The van der Waals surface area contributed by atoms with Gasteiger partial charge in [0.15, 0.2) is 0 Å². The summed E-state index contributed by atoms with van der Waals surface area (Å²) in [5.74, 6) is -0.873. The predicted molar refractivity (Wildman–Crippen MR) is 168 cm³/mol. The van der Waals surface area contributed by atoms with Crippen LogP contribution in [0.15, 0.2) is 53.4 Å². The quantitative estimate of drug-likeness (QED) is 0.226. The van der Waals surface area contributed by atoms with Crippen LogP contribution in [0.2, 0.25) is 5.02 Å². The monoisotopic (exact) mass is 624 g/mol. The summed E-state index contributed by atoms with van der Waals surface area (Å²) in [6.45, 7) is 6.65. The van der Waals surface area contributed by atoms with Gasteiger partial charge in [-0.1, -0.05) is 44.5 Å². The SMILES string of the molecule is COC(=O)c1c(N2C(=O)C[C@@H](Sc3ccc(NC(=O)Cc4ccc(Cl)cc4)cc3)C2=O)sc2c1CC[C@H](C(C)(C)C)C2. The van der Waals surface area contributed by atoms with Crippen LogP contribution in [-0.4, -0.2) is 36.1 Å². The molecule has 3 amide bonds. The number of benzene rings is 2. The van der Waals surface area contributed by atoms with E-state index >= 15 is 0 Å². The molecule has 220 valence electrons. The smallest absolute Gasteiger partial charge is 0.341 e. The molecule has 2 atom stereocenters. The molecule has 0 saturated carbocycles. The van der Waals surface area contributed by atoms with Crippen molar-refractivity contribution in [1.29, 1.82) is 0 Å². The maximum Gasteiger partial charge on any atom is 0.341 e. The Bertz CT molecular complexity index is 1530. The van der Waals surface area contributed by atoms with Crippen LogP contribution in [0.5, 0.6) is 0 Å². The van der Waals surface area contributed by atoms with Gasteiger partial charge in [-0.25, -0.2) is 9.69 Å². The van der Waals surface area contributed by atoms with Gasteiger partial charge in [0, 0.05) is 26.9 Å². The zero-order chi connectivity index (χ0) is 30.2. The second kappa shape index (κ2) is 12.2. The molecule has 3 aromatic rings. The highest BCUT2D eigenvalue weighted by Crippen LogP contribution is 2.47. The van der Waals surface area contributed by atoms with Gasteiger partial charge in [-0.05, 0) is 78.1 Å². The number of halogens is 1. The predicted octanol–water partition coefficient (Wildman–Crippen LogP) is 6.94. The number of esters is 1. The van der Waals surface area contributed by atoms with Gasteiger partial charge < -0.3 is 10.1 Å². The lowest BCUT2D eigenvalue weighted by Gasteiger charge is -2.33. The van der Waals surface area contributed by atoms with E-state index in [1.807, 2.05) is 24.3 Å². The molecule has 0 spiro atoms. The molecule has 1 saturated heterocycles. The molecule has 1 fully saturated rings. The first-order chi connectivity index (χ1) is 19.9. The maximum atomic E-state index is 13.6. The van der Waals surface area contributed by atoms with Crippen LogP contribution in [-0.2, 0) is 38.4 Å². The Kier molecular flexibility index (Phi) is 8.83. The highest BCUT2D eigenvalue weighted by Gasteiger charge is 2.44. The summed E-state index contributed by atoms with van der Waals surface area (Å²) in [7, 11) is 1.33. The topological polar surface area (TPSA) is 92.8 Å². The van der Waals surface area contributed by atoms with E-state index in [-0.39, 0.29) is 36.0 Å². The first-order valence-corrected chi connectivity index (χ1v) is 15.9. The highest BCUT2D eigenvalue weighted by atomic mass is 35.5. The van der Waals surface area contributed by atoms with Crippen molar-refractivity contribution in [2.75, 3.05) is 17.3 Å². The van der Waals surface area contributed by atoms with Crippen LogP contribution >= 0.6 is 34.7 Å². The summed E-state index contributed by atoms with van der Waals surface area (Å²) in [6.07, 6.45) is 2.73. The van der Waals surface area contributed by atoms with Gasteiger partial charge >= 0.3 is 5.97 Å². The number of anilines is 2. The summed E-state index contributed by atoms with van der Waals surface area (Å²) in [6, 6.07) is 14.3. The van der Waals surface area contributed by atoms with Crippen molar-refractivity contribution in [2.45, 2.75) is 63.0 Å². The Hall–Kier alpha value is -3.14. The second-order valence-electron chi connectivity index (χ2n) is 11.7. The van der Waals surface area contributed by atoms with E-state index in [9.17, 15) is 19.2 Å². The third-order valence-electron chi connectivity index (χ3n) is 7.86. The van der Waals surface area contributed by atoms with Crippen LogP contribution in [0.25, 0.3) is 0 Å². The largest absolute Gasteiger partial charge is 0.465 e. The Labute approximate surface area is 259 Å². The standard InChI is InChI=1S/C32H33ClN2O5S2/c1-32(2,3)19-7-14-23-24(16-19)42-30(28(23)31(39)40-4)35-27(37)17-25(29(35)38)41-22-12-10-21(11-13-22)34-26(36)15-18-5-8-20(33)9-6-18/h5-6,8-13,19,25H,7,14-17H2,1-4H3,(H,34,36)/t19-,25+/m0/s1. The van der Waals surface area contributed by atoms with Gasteiger partial charge in [0.2, 0.25) is 17.7 Å². The number of ether oxygens (including phenoxy) is 1. The van der Waals surface area contributed by atoms with E-state index < -0.39 is 11.2 Å². The minimum absolute atomic E-state index is 0.0386. The van der Waals surface area contributed by atoms with Gasteiger partial charge in [0.1, 0.15) is 5.00 Å². The summed E-state index contributed by atoms with van der Waals surface area (Å²) < 4.78 is 5.10. The molecular weight excluding hydrogens is 592 g/mol. The Balaban J connectivity index is 1.28. The molecule has 1 N–H and O–H groups in total. The number of rotatable bonds is 7. The van der Waals surface area contributed by atoms with Crippen LogP contribution in [0, 0.1) is 11.3 Å². The van der Waals surface area contributed by atoms with Gasteiger partial charge in [-0.3, -0.25) is 14.4 Å². The Morgan fingerprint density at radius 2 is 1.76 bits per heavy atom. The van der Waals surface area contributed by atoms with Gasteiger partial charge in [0.05, 0.1) is 24.3 Å². The number of imide groups is 1. The third kappa shape index (κ3) is 6.43. The molecule has 2 aromatic carbocycles. The first kappa shape index (κ1) is 30.3. The number of methoxy groups -OCH3 is 1. The number of fused-ring (bicyclic) bond motifs is 1. The molecule has 7 nitrogen and oxygen atoms in total. The summed E-state index contributed by atoms with van der Waals surface area (Å²) in [4.78, 5) is 55.2. The van der Waals surface area contributed by atoms with Crippen molar-refractivity contribution in [3.8, 4) is 0 Å². The number of nitrogens with one attached hydrogen (secondary N) is 1. The number of hydrogen-bond donors (Lipinski definition) is 1. The number of hydrogen-bond acceptors (Lipinski definition) is 7. The molecule has 2 heterocycles. The van der Waals surface area contributed by atoms with Gasteiger partial charge in [-0.2, -0.15) is 0 Å². The fraction of sp³-hybridized carbons (Fsp3) is 0.375. The second-order valence-corrected chi connectivity index (χ2v) is 14.5. The fourth-order valence-corrected chi connectivity index (χ4v) is 8.08. The molecule has 42 heavy (non-hydrogen) atoms. The van der Waals surface area contributed by atoms with Crippen molar-refractivity contribution in [1.82, 2.24) is 0 Å². The zero-order valence-electron chi connectivity index (χ0n) is 24.0. The molecule has 0 unspecified atom stereocenters. The molecule has 10 heteroatoms. The van der Waals surface area contributed by atoms with Gasteiger partial charge in [-0.15, -0.1) is 23.1 Å². The van der Waals surface area contributed by atoms with E-state index in [1.54, 1.807) is 24.3 Å². The van der Waals surface area contributed by atoms with E-state index in [2.05, 4.69) is 26.1 Å². The molecular formula is C32H33ClN2O5S2. The number of thioether (sulfide) groups is 1. The molecule has 1 aliphatic carbocycles. The van der Waals surface area contributed by atoms with Crippen molar-refractivity contribution in [3.05, 3.63) is 75.1 Å². The molecule has 0 bridgehead atoms. The average molecular weight is 625 g/mol. The summed E-state index contributed by atoms with van der Waals surface area (Å²) in [5, 5.41) is 3.26. The zero-order valence-corrected chi connectivity index (χ0v) is 26.4. The van der Waals surface area contributed by atoms with Crippen molar-refractivity contribution < 1.29 is 23.9 Å². The number of nitrogens with zero attached hydrogens (tertiary/aromatic N) is 1. The third-order valence-corrected chi connectivity index (χ3v) is 10.6. The number of carbonyl (C=O) groups is 4.